The molecule has 0 radical (unpaired) electrons. The van der Waals surface area contributed by atoms with Gasteiger partial charge in [-0.3, -0.25) is 4.79 Å². The molecule has 0 spiro atoms. The Balaban J connectivity index is 0.00000288. The number of aryl methyl sites for hydroxylation is 2. The van der Waals surface area contributed by atoms with Gasteiger partial charge in [-0.1, -0.05) is 29.8 Å². The van der Waals surface area contributed by atoms with Gasteiger partial charge in [-0.25, -0.2) is 0 Å². The van der Waals surface area contributed by atoms with Crippen molar-refractivity contribution in [1.29, 1.82) is 0 Å². The number of carbonyl (C=O) groups excluding carboxylic acids is 1. The lowest BCUT2D eigenvalue weighted by Crippen LogP contribution is -2.37. The first kappa shape index (κ1) is 20.6. The molecule has 1 atom stereocenters. The second-order valence-corrected chi connectivity index (χ2v) is 6.89. The molecule has 1 amide bonds. The molecule has 0 aliphatic heterocycles. The summed E-state index contributed by atoms with van der Waals surface area (Å²) < 4.78 is 0. The minimum atomic E-state index is -0.0682. The molecule has 2 rings (SSSR count). The van der Waals surface area contributed by atoms with Crippen LogP contribution in [0, 0.1) is 13.8 Å². The van der Waals surface area contributed by atoms with Gasteiger partial charge < -0.3 is 11.1 Å². The molecule has 0 fully saturated rings. The number of hydrogen-bond donors (Lipinski definition) is 2. The molecule has 0 saturated heterocycles. The first-order valence-electron chi connectivity index (χ1n) is 7.79. The van der Waals surface area contributed by atoms with Crippen molar-refractivity contribution in [3.63, 3.8) is 0 Å². The number of amides is 1. The molecule has 2 aromatic carbocycles. The van der Waals surface area contributed by atoms with Crippen LogP contribution >= 0.6 is 24.2 Å². The van der Waals surface area contributed by atoms with Gasteiger partial charge in [0.15, 0.2) is 0 Å². The van der Waals surface area contributed by atoms with E-state index in [1.807, 2.05) is 25.1 Å². The zero-order chi connectivity index (χ0) is 16.8. The summed E-state index contributed by atoms with van der Waals surface area (Å²) in [4.78, 5) is 13.4. The summed E-state index contributed by atoms with van der Waals surface area (Å²) in [6, 6.07) is 14.2. The average molecular weight is 365 g/mol. The van der Waals surface area contributed by atoms with Crippen molar-refractivity contribution in [2.75, 3.05) is 6.54 Å². The average Bonchev–Trinajstić information content (AvgIpc) is 2.54. The SMILES string of the molecule is Cc1ccc(SCc2cccc(C(=O)N[C@@H](C)CN)c2)c(C)c1.Cl. The summed E-state index contributed by atoms with van der Waals surface area (Å²) in [6.45, 7) is 6.57. The Kier molecular flexibility index (Phi) is 8.32. The van der Waals surface area contributed by atoms with E-state index < -0.39 is 0 Å². The Bertz CT molecular complexity index is 691. The first-order valence-corrected chi connectivity index (χ1v) is 8.78. The van der Waals surface area contributed by atoms with Crippen LogP contribution in [0.3, 0.4) is 0 Å². The van der Waals surface area contributed by atoms with Crippen LogP contribution in [0.1, 0.15) is 34.0 Å². The monoisotopic (exact) mass is 364 g/mol. The predicted molar refractivity (Wildman–Crippen MR) is 105 cm³/mol. The predicted octanol–water partition coefficient (Wildman–Crippen LogP) is 4.09. The molecule has 0 aliphatic rings. The number of benzene rings is 2. The van der Waals surface area contributed by atoms with Gasteiger partial charge in [0, 0.05) is 28.8 Å². The Hall–Kier alpha value is -1.49. The smallest absolute Gasteiger partial charge is 0.251 e. The minimum absolute atomic E-state index is 0. The number of nitrogens with one attached hydrogen (secondary N) is 1. The summed E-state index contributed by atoms with van der Waals surface area (Å²) in [5, 5.41) is 2.89. The van der Waals surface area contributed by atoms with Crippen molar-refractivity contribution in [3.8, 4) is 0 Å². The molecule has 130 valence electrons. The van der Waals surface area contributed by atoms with E-state index in [-0.39, 0.29) is 24.4 Å². The van der Waals surface area contributed by atoms with E-state index in [0.717, 1.165) is 11.3 Å². The Morgan fingerprint density at radius 1 is 1.21 bits per heavy atom. The highest BCUT2D eigenvalue weighted by Crippen LogP contribution is 2.26. The lowest BCUT2D eigenvalue weighted by molar-refractivity contribution is 0.0941. The van der Waals surface area contributed by atoms with Crippen molar-refractivity contribution < 1.29 is 4.79 Å². The van der Waals surface area contributed by atoms with Gasteiger partial charge in [0.25, 0.3) is 5.91 Å². The van der Waals surface area contributed by atoms with Gasteiger partial charge in [0.2, 0.25) is 0 Å². The molecular formula is C19H25ClN2OS. The van der Waals surface area contributed by atoms with Crippen LogP contribution in [0.15, 0.2) is 47.4 Å². The van der Waals surface area contributed by atoms with E-state index in [4.69, 9.17) is 5.73 Å². The molecule has 3 N–H and O–H groups in total. The largest absolute Gasteiger partial charge is 0.348 e. The molecule has 0 aromatic heterocycles. The lowest BCUT2D eigenvalue weighted by Gasteiger charge is -2.12. The third kappa shape index (κ3) is 5.86. The maximum absolute atomic E-state index is 12.2. The van der Waals surface area contributed by atoms with Crippen LogP contribution in [0.2, 0.25) is 0 Å². The van der Waals surface area contributed by atoms with Crippen LogP contribution in [0.25, 0.3) is 0 Å². The van der Waals surface area contributed by atoms with E-state index in [1.54, 1.807) is 11.8 Å². The highest BCUT2D eigenvalue weighted by Gasteiger charge is 2.09. The van der Waals surface area contributed by atoms with Gasteiger partial charge in [-0.2, -0.15) is 0 Å². The molecule has 5 heteroatoms. The highest BCUT2D eigenvalue weighted by atomic mass is 35.5. The van der Waals surface area contributed by atoms with Crippen molar-refractivity contribution in [1.82, 2.24) is 5.32 Å². The first-order chi connectivity index (χ1) is 11.0. The highest BCUT2D eigenvalue weighted by molar-refractivity contribution is 7.98. The van der Waals surface area contributed by atoms with Gasteiger partial charge in [0.05, 0.1) is 0 Å². The molecule has 0 bridgehead atoms. The van der Waals surface area contributed by atoms with E-state index in [9.17, 15) is 4.79 Å². The van der Waals surface area contributed by atoms with Crippen LogP contribution in [0.4, 0.5) is 0 Å². The van der Waals surface area contributed by atoms with Crippen molar-refractivity contribution >= 4 is 30.1 Å². The zero-order valence-corrected chi connectivity index (χ0v) is 16.0. The molecule has 0 heterocycles. The van der Waals surface area contributed by atoms with E-state index >= 15 is 0 Å². The zero-order valence-electron chi connectivity index (χ0n) is 14.3. The molecule has 2 aromatic rings. The second-order valence-electron chi connectivity index (χ2n) is 5.87. The van der Waals surface area contributed by atoms with Gasteiger partial charge in [-0.15, -0.1) is 24.2 Å². The summed E-state index contributed by atoms with van der Waals surface area (Å²) in [5.41, 5.74) is 9.94. The number of hydrogen-bond acceptors (Lipinski definition) is 3. The normalized spacial score (nSPS) is 11.5. The van der Waals surface area contributed by atoms with Crippen molar-refractivity contribution in [3.05, 3.63) is 64.7 Å². The summed E-state index contributed by atoms with van der Waals surface area (Å²) >= 11 is 1.80. The number of rotatable bonds is 6. The van der Waals surface area contributed by atoms with Crippen molar-refractivity contribution in [2.24, 2.45) is 5.73 Å². The fourth-order valence-corrected chi connectivity index (χ4v) is 3.24. The van der Waals surface area contributed by atoms with E-state index in [2.05, 4.69) is 43.4 Å². The number of thioether (sulfide) groups is 1. The molecule has 0 aliphatic carbocycles. The maximum atomic E-state index is 12.2. The summed E-state index contributed by atoms with van der Waals surface area (Å²) in [6.07, 6.45) is 0. The second kappa shape index (κ2) is 9.72. The third-order valence-electron chi connectivity index (χ3n) is 3.64. The summed E-state index contributed by atoms with van der Waals surface area (Å²) in [7, 11) is 0. The van der Waals surface area contributed by atoms with Gasteiger partial charge in [-0.05, 0) is 50.1 Å². The number of halogens is 1. The van der Waals surface area contributed by atoms with Crippen LogP contribution in [-0.4, -0.2) is 18.5 Å². The lowest BCUT2D eigenvalue weighted by atomic mass is 10.1. The van der Waals surface area contributed by atoms with Crippen LogP contribution in [-0.2, 0) is 5.75 Å². The standard InChI is InChI=1S/C19H24N2OS.ClH/c1-13-7-8-18(14(2)9-13)23-12-16-5-4-6-17(10-16)19(22)21-15(3)11-20;/h4-10,15H,11-12,20H2,1-3H3,(H,21,22);1H/t15-;/m0./s1. The molecular weight excluding hydrogens is 340 g/mol. The maximum Gasteiger partial charge on any atom is 0.251 e. The Morgan fingerprint density at radius 2 is 1.96 bits per heavy atom. The fourth-order valence-electron chi connectivity index (χ4n) is 2.29. The number of nitrogens with two attached hydrogens (primary N) is 1. The number of carbonyl (C=O) groups is 1. The quantitative estimate of drug-likeness (QED) is 0.759. The molecule has 3 nitrogen and oxygen atoms in total. The topological polar surface area (TPSA) is 55.1 Å². The third-order valence-corrected chi connectivity index (χ3v) is 4.89. The Morgan fingerprint density at radius 3 is 2.62 bits per heavy atom. The van der Waals surface area contributed by atoms with E-state index in [1.165, 1.54) is 16.0 Å². The molecule has 24 heavy (non-hydrogen) atoms. The molecule has 0 unspecified atom stereocenters. The fraction of sp³-hybridized carbons (Fsp3) is 0.316. The van der Waals surface area contributed by atoms with Gasteiger partial charge >= 0.3 is 0 Å². The van der Waals surface area contributed by atoms with Gasteiger partial charge in [0.1, 0.15) is 0 Å². The van der Waals surface area contributed by atoms with Crippen LogP contribution < -0.4 is 11.1 Å². The van der Waals surface area contributed by atoms with Crippen LogP contribution in [0.5, 0.6) is 0 Å². The summed E-state index contributed by atoms with van der Waals surface area (Å²) in [5.74, 6) is 0.776. The Labute approximate surface area is 154 Å². The molecule has 0 saturated carbocycles. The van der Waals surface area contributed by atoms with Crippen molar-refractivity contribution in [2.45, 2.75) is 37.5 Å². The van der Waals surface area contributed by atoms with E-state index in [0.29, 0.717) is 12.1 Å². The minimum Gasteiger partial charge on any atom is -0.348 e.